The zero-order valence-corrected chi connectivity index (χ0v) is 18.0. The van der Waals surface area contributed by atoms with Gasteiger partial charge in [-0.2, -0.15) is 0 Å². The lowest BCUT2D eigenvalue weighted by Crippen LogP contribution is -2.18. The van der Waals surface area contributed by atoms with Crippen LogP contribution in [0.5, 0.6) is 0 Å². The molecule has 0 aliphatic carbocycles. The number of nitrogens with zero attached hydrogens (tertiary/aromatic N) is 3. The highest BCUT2D eigenvalue weighted by Gasteiger charge is 2.20. The van der Waals surface area contributed by atoms with E-state index in [0.29, 0.717) is 17.9 Å². The van der Waals surface area contributed by atoms with Crippen molar-refractivity contribution >= 4 is 26.4 Å². The summed E-state index contributed by atoms with van der Waals surface area (Å²) in [6.07, 6.45) is 4.99. The van der Waals surface area contributed by atoms with Gasteiger partial charge in [0.25, 0.3) is 0 Å². The molecule has 0 atom stereocenters. The van der Waals surface area contributed by atoms with Crippen LogP contribution in [0.4, 0.5) is 5.69 Å². The highest BCUT2D eigenvalue weighted by atomic mass is 32.2. The molecule has 0 radical (unpaired) electrons. The quantitative estimate of drug-likeness (QED) is 0.439. The molecule has 4 rings (SSSR count). The molecule has 2 aromatic heterocycles. The van der Waals surface area contributed by atoms with E-state index in [-0.39, 0.29) is 9.79 Å². The summed E-state index contributed by atoms with van der Waals surface area (Å²) in [6.45, 7) is 7.95. The van der Waals surface area contributed by atoms with Gasteiger partial charge < -0.3 is 10.6 Å². The molecule has 0 unspecified atom stereocenters. The summed E-state index contributed by atoms with van der Waals surface area (Å²) in [5.74, 6) is 0.639. The van der Waals surface area contributed by atoms with Gasteiger partial charge in [0, 0.05) is 42.8 Å². The number of nitriles is 1. The topological polar surface area (TPSA) is 108 Å². The molecule has 0 amide bonds. The second kappa shape index (κ2) is 10.2. The first-order chi connectivity index (χ1) is 15.5. The minimum Gasteiger partial charge on any atom is -0.368 e. The van der Waals surface area contributed by atoms with Gasteiger partial charge in [-0.05, 0) is 42.0 Å². The third kappa shape index (κ3) is 5.09. The van der Waals surface area contributed by atoms with Gasteiger partial charge >= 0.3 is 0 Å². The number of anilines is 1. The predicted octanol–water partition coefficient (Wildman–Crippen LogP) is 4.28. The van der Waals surface area contributed by atoms with E-state index in [2.05, 4.69) is 33.8 Å². The third-order valence-corrected chi connectivity index (χ3v) is 6.40. The van der Waals surface area contributed by atoms with Gasteiger partial charge in [-0.3, -0.25) is 9.97 Å². The van der Waals surface area contributed by atoms with Crippen LogP contribution in [0, 0.1) is 11.8 Å². The second-order valence-corrected chi connectivity index (χ2v) is 8.59. The lowest BCUT2D eigenvalue weighted by molar-refractivity contribution is 0.596. The van der Waals surface area contributed by atoms with Gasteiger partial charge in [0.15, 0.2) is 0 Å². The second-order valence-electron chi connectivity index (χ2n) is 6.67. The summed E-state index contributed by atoms with van der Waals surface area (Å²) in [4.78, 5) is 8.68. The average Bonchev–Trinajstić information content (AvgIpc) is 2.84. The zero-order chi connectivity index (χ0) is 23.0. The molecule has 0 spiro atoms. The van der Waals surface area contributed by atoms with Crippen LogP contribution in [0.15, 0.2) is 108 Å². The van der Waals surface area contributed by atoms with Crippen molar-refractivity contribution in [2.24, 2.45) is 0 Å². The Bertz CT molecular complexity index is 1330. The minimum absolute atomic E-state index is 0.210. The minimum atomic E-state index is -3.67. The number of fused-ring (bicyclic) bond motifs is 1. The first kappa shape index (κ1) is 22.5. The molecule has 0 bridgehead atoms. The van der Waals surface area contributed by atoms with Crippen molar-refractivity contribution < 1.29 is 8.42 Å². The fourth-order valence-corrected chi connectivity index (χ4v) is 4.50. The number of pyridine rings is 2. The predicted molar refractivity (Wildman–Crippen MR) is 124 cm³/mol. The molecule has 2 heterocycles. The van der Waals surface area contributed by atoms with Crippen LogP contribution < -0.4 is 10.6 Å². The van der Waals surface area contributed by atoms with Gasteiger partial charge in [0.1, 0.15) is 0 Å². The number of aromatic nitrogens is 2. The molecular formula is C24H21N5O2S. The Balaban J connectivity index is 0.00000141. The maximum atomic E-state index is 13.1. The fraction of sp³-hybridized carbons (Fsp3) is 0.0417. The monoisotopic (exact) mass is 443 g/mol. The van der Waals surface area contributed by atoms with Crippen LogP contribution in [-0.2, 0) is 16.4 Å². The van der Waals surface area contributed by atoms with Crippen LogP contribution in [0.3, 0.4) is 0 Å². The normalized spacial score (nSPS) is 10.6. The molecule has 2 N–H and O–H groups in total. The maximum absolute atomic E-state index is 13.1. The van der Waals surface area contributed by atoms with Crippen molar-refractivity contribution in [3.05, 3.63) is 103 Å². The van der Waals surface area contributed by atoms with E-state index in [4.69, 9.17) is 5.26 Å². The van der Waals surface area contributed by atoms with Crippen molar-refractivity contribution in [3.8, 4) is 6.57 Å². The van der Waals surface area contributed by atoms with E-state index < -0.39 is 9.84 Å². The number of nitrogens with one attached hydrogen (secondary N) is 2. The molecule has 0 aliphatic heterocycles. The number of para-hydroxylation sites is 1. The SMILES string of the molecule is C#N.C=C(NCc1ccc(S(=O)(=O)c2cccc3cccnc23)cc1)Nc1ccncc1. The van der Waals surface area contributed by atoms with Gasteiger partial charge in [0.2, 0.25) is 9.84 Å². The van der Waals surface area contributed by atoms with E-state index in [1.807, 2.05) is 24.3 Å². The highest BCUT2D eigenvalue weighted by molar-refractivity contribution is 7.91. The summed E-state index contributed by atoms with van der Waals surface area (Å²) in [7, 11) is -3.67. The lowest BCUT2D eigenvalue weighted by atomic mass is 10.2. The molecule has 32 heavy (non-hydrogen) atoms. The molecule has 4 aromatic rings. The Morgan fingerprint density at radius 1 is 0.938 bits per heavy atom. The standard InChI is InChI=1S/C23H20N4O2S.CHN/c1-17(27-20-11-14-24-15-12-20)26-16-18-7-9-21(10-8-18)30(28,29)22-6-2-4-19-5-3-13-25-23(19)22;1-2/h2-15,26H,1,16H2,(H,24,27);1H. The first-order valence-corrected chi connectivity index (χ1v) is 11.1. The van der Waals surface area contributed by atoms with Gasteiger partial charge in [-0.1, -0.05) is 36.9 Å². The van der Waals surface area contributed by atoms with Crippen LogP contribution in [0.1, 0.15) is 5.56 Å². The zero-order valence-electron chi connectivity index (χ0n) is 17.1. The smallest absolute Gasteiger partial charge is 0.208 e. The summed E-state index contributed by atoms with van der Waals surface area (Å²) in [6, 6.07) is 19.3. The van der Waals surface area contributed by atoms with Crippen molar-refractivity contribution in [3.63, 3.8) is 0 Å². The van der Waals surface area contributed by atoms with Crippen molar-refractivity contribution in [2.45, 2.75) is 16.3 Å². The van der Waals surface area contributed by atoms with Gasteiger partial charge in [0.05, 0.1) is 21.1 Å². The van der Waals surface area contributed by atoms with E-state index in [9.17, 15) is 8.42 Å². The molecule has 0 saturated heterocycles. The number of rotatable bonds is 7. The summed E-state index contributed by atoms with van der Waals surface area (Å²) in [5.41, 5.74) is 2.29. The largest absolute Gasteiger partial charge is 0.368 e. The Kier molecular flexibility index (Phi) is 7.16. The summed E-state index contributed by atoms with van der Waals surface area (Å²) in [5, 5.41) is 13.6. The molecule has 160 valence electrons. The Morgan fingerprint density at radius 3 is 2.34 bits per heavy atom. The van der Waals surface area contributed by atoms with Gasteiger partial charge in [-0.25, -0.2) is 13.7 Å². The van der Waals surface area contributed by atoms with Crippen LogP contribution >= 0.6 is 0 Å². The third-order valence-electron chi connectivity index (χ3n) is 4.60. The molecule has 7 nitrogen and oxygen atoms in total. The Labute approximate surface area is 187 Å². The van der Waals surface area contributed by atoms with Gasteiger partial charge in [-0.15, -0.1) is 0 Å². The number of benzene rings is 2. The molecule has 2 aromatic carbocycles. The fourth-order valence-electron chi connectivity index (χ4n) is 3.07. The van der Waals surface area contributed by atoms with E-state index in [1.165, 1.54) is 0 Å². The van der Waals surface area contributed by atoms with Crippen molar-refractivity contribution in [2.75, 3.05) is 5.32 Å². The van der Waals surface area contributed by atoms with E-state index in [0.717, 1.165) is 16.6 Å². The Hall–Kier alpha value is -4.22. The average molecular weight is 444 g/mol. The van der Waals surface area contributed by atoms with Crippen molar-refractivity contribution in [1.82, 2.24) is 15.3 Å². The Morgan fingerprint density at radius 2 is 1.62 bits per heavy atom. The maximum Gasteiger partial charge on any atom is 0.208 e. The van der Waals surface area contributed by atoms with E-state index >= 15 is 0 Å². The van der Waals surface area contributed by atoms with Crippen LogP contribution in [-0.4, -0.2) is 18.4 Å². The number of sulfone groups is 1. The molecule has 0 fully saturated rings. The molecule has 0 aliphatic rings. The molecule has 0 saturated carbocycles. The van der Waals surface area contributed by atoms with E-state index in [1.54, 1.807) is 61.1 Å². The number of hydrogen-bond donors (Lipinski definition) is 2. The summed E-state index contributed by atoms with van der Waals surface area (Å²) >= 11 is 0. The lowest BCUT2D eigenvalue weighted by Gasteiger charge is -2.12. The van der Waals surface area contributed by atoms with Crippen LogP contribution in [0.25, 0.3) is 10.9 Å². The molecular weight excluding hydrogens is 422 g/mol. The molecule has 8 heteroatoms. The summed E-state index contributed by atoms with van der Waals surface area (Å²) < 4.78 is 26.3. The van der Waals surface area contributed by atoms with Crippen LogP contribution in [0.2, 0.25) is 0 Å². The number of hydrogen-bond acceptors (Lipinski definition) is 7. The van der Waals surface area contributed by atoms with Crippen molar-refractivity contribution in [1.29, 1.82) is 5.26 Å². The first-order valence-electron chi connectivity index (χ1n) is 9.57. The highest BCUT2D eigenvalue weighted by Crippen LogP contribution is 2.27.